The van der Waals surface area contributed by atoms with Crippen molar-refractivity contribution in [2.75, 3.05) is 10.5 Å². The molecule has 3 N–H and O–H groups in total. The first kappa shape index (κ1) is 14.3. The second kappa shape index (κ2) is 5.13. The maximum absolute atomic E-state index is 13.7. The van der Waals surface area contributed by atoms with Crippen molar-refractivity contribution in [2.45, 2.75) is 18.7 Å². The van der Waals surface area contributed by atoms with Gasteiger partial charge in [-0.2, -0.15) is 0 Å². The van der Waals surface area contributed by atoms with Crippen LogP contribution in [0.1, 0.15) is 11.1 Å². The Balaban J connectivity index is 2.38. The van der Waals surface area contributed by atoms with Gasteiger partial charge in [0.2, 0.25) is 0 Å². The molecule has 0 saturated carbocycles. The molecule has 0 amide bonds. The van der Waals surface area contributed by atoms with Crippen LogP contribution in [0.15, 0.2) is 41.3 Å². The van der Waals surface area contributed by atoms with Gasteiger partial charge < -0.3 is 5.73 Å². The van der Waals surface area contributed by atoms with Crippen LogP contribution in [0.2, 0.25) is 0 Å². The average molecular weight is 294 g/mol. The number of hydrogen-bond donors (Lipinski definition) is 2. The number of nitrogen functional groups attached to an aromatic ring is 1. The fourth-order valence-corrected chi connectivity index (χ4v) is 2.87. The molecule has 0 aliphatic rings. The molecule has 0 unspecified atom stereocenters. The molecule has 0 aromatic heterocycles. The summed E-state index contributed by atoms with van der Waals surface area (Å²) in [5.74, 6) is -0.610. The molecule has 4 nitrogen and oxygen atoms in total. The lowest BCUT2D eigenvalue weighted by Gasteiger charge is -2.10. The van der Waals surface area contributed by atoms with Gasteiger partial charge in [0.1, 0.15) is 5.82 Å². The molecule has 20 heavy (non-hydrogen) atoms. The lowest BCUT2D eigenvalue weighted by atomic mass is 10.2. The third-order valence-corrected chi connectivity index (χ3v) is 4.28. The first-order chi connectivity index (χ1) is 9.29. The summed E-state index contributed by atoms with van der Waals surface area (Å²) in [6.07, 6.45) is 0. The molecule has 0 heterocycles. The summed E-state index contributed by atoms with van der Waals surface area (Å²) < 4.78 is 40.3. The minimum Gasteiger partial charge on any atom is -0.399 e. The topological polar surface area (TPSA) is 72.2 Å². The number of nitrogens with one attached hydrogen (secondary N) is 1. The van der Waals surface area contributed by atoms with Gasteiger partial charge in [-0.15, -0.1) is 0 Å². The molecule has 0 atom stereocenters. The molecule has 106 valence electrons. The lowest BCUT2D eigenvalue weighted by Crippen LogP contribution is -2.14. The number of sulfonamides is 1. The molecule has 2 aromatic rings. The molecular weight excluding hydrogens is 279 g/mol. The zero-order chi connectivity index (χ0) is 14.9. The lowest BCUT2D eigenvalue weighted by molar-refractivity contribution is 0.598. The Hall–Kier alpha value is -2.08. The Bertz CT molecular complexity index is 758. The monoisotopic (exact) mass is 294 g/mol. The predicted molar refractivity (Wildman–Crippen MR) is 77.5 cm³/mol. The van der Waals surface area contributed by atoms with E-state index in [4.69, 9.17) is 5.73 Å². The Labute approximate surface area is 117 Å². The SMILES string of the molecule is Cc1ccc(NS(=O)(=O)c2ccc(N)c(C)c2)c(F)c1. The maximum Gasteiger partial charge on any atom is 0.261 e. The molecule has 2 aromatic carbocycles. The van der Waals surface area contributed by atoms with Crippen molar-refractivity contribution in [2.24, 2.45) is 0 Å². The maximum atomic E-state index is 13.7. The van der Waals surface area contributed by atoms with Crippen LogP contribution in [0.25, 0.3) is 0 Å². The zero-order valence-corrected chi connectivity index (χ0v) is 12.0. The summed E-state index contributed by atoms with van der Waals surface area (Å²) in [5, 5.41) is 0. The van der Waals surface area contributed by atoms with E-state index in [1.807, 2.05) is 0 Å². The third kappa shape index (κ3) is 2.91. The van der Waals surface area contributed by atoms with Crippen LogP contribution >= 0.6 is 0 Å². The fourth-order valence-electron chi connectivity index (χ4n) is 1.72. The second-order valence-electron chi connectivity index (χ2n) is 4.61. The first-order valence-electron chi connectivity index (χ1n) is 5.95. The van der Waals surface area contributed by atoms with E-state index in [1.165, 1.54) is 30.3 Å². The third-order valence-electron chi connectivity index (χ3n) is 2.92. The Morgan fingerprint density at radius 2 is 1.80 bits per heavy atom. The standard InChI is InChI=1S/C14H15FN2O2S/c1-9-3-6-14(12(15)7-9)17-20(18,19)11-4-5-13(16)10(2)8-11/h3-8,17H,16H2,1-2H3. The number of nitrogens with two attached hydrogens (primary N) is 1. The molecule has 0 saturated heterocycles. The highest BCUT2D eigenvalue weighted by Crippen LogP contribution is 2.22. The fraction of sp³-hybridized carbons (Fsp3) is 0.143. The average Bonchev–Trinajstić information content (AvgIpc) is 2.36. The summed E-state index contributed by atoms with van der Waals surface area (Å²) in [7, 11) is -3.83. The van der Waals surface area contributed by atoms with Crippen LogP contribution in [0, 0.1) is 19.7 Å². The molecular formula is C14H15FN2O2S. The van der Waals surface area contributed by atoms with Gasteiger partial charge in [-0.05, 0) is 55.3 Å². The minimum atomic E-state index is -3.83. The number of halogens is 1. The van der Waals surface area contributed by atoms with Crippen molar-refractivity contribution in [3.05, 3.63) is 53.3 Å². The van der Waals surface area contributed by atoms with Crippen LogP contribution in [-0.4, -0.2) is 8.42 Å². The Morgan fingerprint density at radius 3 is 2.40 bits per heavy atom. The number of aryl methyl sites for hydroxylation is 2. The minimum absolute atomic E-state index is 0.0455. The highest BCUT2D eigenvalue weighted by molar-refractivity contribution is 7.92. The van der Waals surface area contributed by atoms with Crippen molar-refractivity contribution in [3.63, 3.8) is 0 Å². The summed E-state index contributed by atoms with van der Waals surface area (Å²) in [4.78, 5) is 0.0455. The van der Waals surface area contributed by atoms with E-state index in [-0.39, 0.29) is 10.6 Å². The quantitative estimate of drug-likeness (QED) is 0.855. The van der Waals surface area contributed by atoms with E-state index in [0.29, 0.717) is 16.8 Å². The van der Waals surface area contributed by atoms with Crippen molar-refractivity contribution in [1.82, 2.24) is 0 Å². The van der Waals surface area contributed by atoms with Gasteiger partial charge in [-0.1, -0.05) is 6.07 Å². The molecule has 2 rings (SSSR count). The van der Waals surface area contributed by atoms with Crippen molar-refractivity contribution < 1.29 is 12.8 Å². The van der Waals surface area contributed by atoms with Crippen LogP contribution in [0.3, 0.4) is 0 Å². The van der Waals surface area contributed by atoms with Crippen molar-refractivity contribution in [1.29, 1.82) is 0 Å². The number of anilines is 2. The number of hydrogen-bond acceptors (Lipinski definition) is 3. The smallest absolute Gasteiger partial charge is 0.261 e. The molecule has 0 radical (unpaired) electrons. The van der Waals surface area contributed by atoms with Gasteiger partial charge in [0.05, 0.1) is 10.6 Å². The summed E-state index contributed by atoms with van der Waals surface area (Å²) >= 11 is 0. The Morgan fingerprint density at radius 1 is 1.10 bits per heavy atom. The Kier molecular flexibility index (Phi) is 3.67. The summed E-state index contributed by atoms with van der Waals surface area (Å²) in [5.41, 5.74) is 7.44. The van der Waals surface area contributed by atoms with Crippen LogP contribution in [-0.2, 0) is 10.0 Å². The van der Waals surface area contributed by atoms with Gasteiger partial charge in [0.15, 0.2) is 0 Å². The van der Waals surface area contributed by atoms with Gasteiger partial charge in [-0.3, -0.25) is 4.72 Å². The molecule has 0 aliphatic heterocycles. The van der Waals surface area contributed by atoms with Gasteiger partial charge in [-0.25, -0.2) is 12.8 Å². The second-order valence-corrected chi connectivity index (χ2v) is 6.29. The van der Waals surface area contributed by atoms with Gasteiger partial charge >= 0.3 is 0 Å². The molecule has 6 heteroatoms. The van der Waals surface area contributed by atoms with E-state index in [0.717, 1.165) is 0 Å². The van der Waals surface area contributed by atoms with E-state index in [9.17, 15) is 12.8 Å². The van der Waals surface area contributed by atoms with Crippen molar-refractivity contribution in [3.8, 4) is 0 Å². The van der Waals surface area contributed by atoms with E-state index in [2.05, 4.69) is 4.72 Å². The van der Waals surface area contributed by atoms with Gasteiger partial charge in [0.25, 0.3) is 10.0 Å². The molecule has 0 bridgehead atoms. The highest BCUT2D eigenvalue weighted by Gasteiger charge is 2.16. The van der Waals surface area contributed by atoms with Crippen LogP contribution < -0.4 is 10.5 Å². The van der Waals surface area contributed by atoms with Crippen LogP contribution in [0.4, 0.5) is 15.8 Å². The largest absolute Gasteiger partial charge is 0.399 e. The predicted octanol–water partition coefficient (Wildman–Crippen LogP) is 2.83. The van der Waals surface area contributed by atoms with Crippen molar-refractivity contribution >= 4 is 21.4 Å². The van der Waals surface area contributed by atoms with E-state index in [1.54, 1.807) is 19.9 Å². The summed E-state index contributed by atoms with van der Waals surface area (Å²) in [6.45, 7) is 3.44. The normalized spacial score (nSPS) is 11.3. The molecule has 0 fully saturated rings. The zero-order valence-electron chi connectivity index (χ0n) is 11.1. The first-order valence-corrected chi connectivity index (χ1v) is 7.43. The number of rotatable bonds is 3. The number of benzene rings is 2. The molecule has 0 spiro atoms. The van der Waals surface area contributed by atoms with E-state index < -0.39 is 15.8 Å². The summed E-state index contributed by atoms with van der Waals surface area (Å²) in [6, 6.07) is 8.64. The van der Waals surface area contributed by atoms with Crippen LogP contribution in [0.5, 0.6) is 0 Å². The van der Waals surface area contributed by atoms with Gasteiger partial charge in [0, 0.05) is 5.69 Å². The molecule has 0 aliphatic carbocycles. The van der Waals surface area contributed by atoms with E-state index >= 15 is 0 Å². The highest BCUT2D eigenvalue weighted by atomic mass is 32.2.